The average molecular weight is 391 g/mol. The molecule has 0 aliphatic carbocycles. The Morgan fingerprint density at radius 3 is 2.54 bits per heavy atom. The Bertz CT molecular complexity index is 1050. The normalized spacial score (nSPS) is 12.0. The minimum atomic E-state index is -0.899. The highest BCUT2D eigenvalue weighted by molar-refractivity contribution is 8.00. The first kappa shape index (κ1) is 18.0. The third-order valence-corrected chi connectivity index (χ3v) is 5.43. The number of hydrogen-bond donors (Lipinski definition) is 3. The van der Waals surface area contributed by atoms with Crippen LogP contribution in [0.3, 0.4) is 0 Å². The van der Waals surface area contributed by atoms with E-state index >= 15 is 0 Å². The molecule has 1 unspecified atom stereocenters. The van der Waals surface area contributed by atoms with Crippen LogP contribution in [0.5, 0.6) is 0 Å². The number of nitrogens with one attached hydrogen (secondary N) is 2. The molecule has 4 rings (SSSR count). The Balaban J connectivity index is 1.74. The summed E-state index contributed by atoms with van der Waals surface area (Å²) in [6.07, 6.45) is 6.93. The summed E-state index contributed by atoms with van der Waals surface area (Å²) in [6, 6.07) is 13.6. The number of aliphatic carboxylic acids is 1. The fourth-order valence-corrected chi connectivity index (χ4v) is 3.99. The number of carbonyl (C=O) groups is 1. The number of H-pyrrole nitrogens is 2. The molecule has 0 saturated carbocycles. The summed E-state index contributed by atoms with van der Waals surface area (Å²) in [5.41, 5.74) is 4.39. The van der Waals surface area contributed by atoms with Crippen molar-refractivity contribution in [1.29, 1.82) is 0 Å². The number of hydrogen-bond acceptors (Lipinski definition) is 5. The molecule has 3 aromatic heterocycles. The molecular weight excluding hydrogens is 374 g/mol. The van der Waals surface area contributed by atoms with Crippen LogP contribution in [0.1, 0.15) is 5.69 Å². The van der Waals surface area contributed by atoms with Crippen molar-refractivity contribution in [3.8, 4) is 22.4 Å². The zero-order valence-electron chi connectivity index (χ0n) is 14.7. The van der Waals surface area contributed by atoms with Crippen molar-refractivity contribution in [1.82, 2.24) is 25.1 Å². The van der Waals surface area contributed by atoms with Crippen molar-refractivity contribution in [2.75, 3.05) is 0 Å². The van der Waals surface area contributed by atoms with Crippen molar-refractivity contribution >= 4 is 17.7 Å². The van der Waals surface area contributed by atoms with Gasteiger partial charge < -0.3 is 10.1 Å². The second kappa shape index (κ2) is 8.10. The highest BCUT2D eigenvalue weighted by Crippen LogP contribution is 2.39. The van der Waals surface area contributed by atoms with E-state index in [0.717, 1.165) is 28.1 Å². The van der Waals surface area contributed by atoms with Gasteiger partial charge in [-0.25, -0.2) is 4.98 Å². The number of imidazole rings is 1. The molecule has 28 heavy (non-hydrogen) atoms. The van der Waals surface area contributed by atoms with Crippen molar-refractivity contribution in [2.45, 2.75) is 16.7 Å². The van der Waals surface area contributed by atoms with Crippen LogP contribution < -0.4 is 0 Å². The number of thioether (sulfide) groups is 1. The molecule has 4 aromatic rings. The molecular formula is C20H17N5O2S. The Morgan fingerprint density at radius 1 is 1.07 bits per heavy atom. The Kier molecular flexibility index (Phi) is 5.20. The summed E-state index contributed by atoms with van der Waals surface area (Å²) in [7, 11) is 0. The maximum Gasteiger partial charge on any atom is 0.317 e. The van der Waals surface area contributed by atoms with Gasteiger partial charge in [-0.2, -0.15) is 5.10 Å². The van der Waals surface area contributed by atoms with Gasteiger partial charge in [0, 0.05) is 41.8 Å². The lowest BCUT2D eigenvalue weighted by molar-refractivity contribution is -0.136. The molecule has 1 atom stereocenters. The first-order valence-electron chi connectivity index (χ1n) is 8.63. The molecule has 7 nitrogen and oxygen atoms in total. The number of benzene rings is 1. The minimum absolute atomic E-state index is 0.323. The molecule has 0 bridgehead atoms. The molecule has 0 fully saturated rings. The second-order valence-electron chi connectivity index (χ2n) is 6.11. The summed E-state index contributed by atoms with van der Waals surface area (Å²) in [6.45, 7) is 0. The van der Waals surface area contributed by atoms with Crippen LogP contribution in [-0.2, 0) is 11.2 Å². The fraction of sp³-hybridized carbons (Fsp3) is 0.100. The van der Waals surface area contributed by atoms with Crippen LogP contribution in [0.2, 0.25) is 0 Å². The summed E-state index contributed by atoms with van der Waals surface area (Å²) >= 11 is 1.22. The van der Waals surface area contributed by atoms with Crippen LogP contribution >= 0.6 is 11.8 Å². The number of carboxylic acid groups (broad SMARTS) is 1. The van der Waals surface area contributed by atoms with Crippen LogP contribution in [0.4, 0.5) is 0 Å². The van der Waals surface area contributed by atoms with Crippen LogP contribution in [0, 0.1) is 0 Å². The number of nitrogens with zero attached hydrogens (tertiary/aromatic N) is 3. The lowest BCUT2D eigenvalue weighted by Gasteiger charge is -2.11. The SMILES string of the molecule is O=C(O)C(Cc1cnc[nH]1)Sc1n[nH]c(-c2ccccc2)c1-c1ccncc1. The number of rotatable bonds is 7. The van der Waals surface area contributed by atoms with Gasteiger partial charge in [0.2, 0.25) is 0 Å². The van der Waals surface area contributed by atoms with Crippen LogP contribution in [0.15, 0.2) is 72.4 Å². The van der Waals surface area contributed by atoms with E-state index < -0.39 is 11.2 Å². The molecule has 0 spiro atoms. The van der Waals surface area contributed by atoms with Crippen molar-refractivity contribution in [3.05, 3.63) is 73.1 Å². The highest BCUT2D eigenvalue weighted by atomic mass is 32.2. The Morgan fingerprint density at radius 2 is 1.86 bits per heavy atom. The number of aromatic nitrogens is 5. The van der Waals surface area contributed by atoms with Gasteiger partial charge in [-0.1, -0.05) is 42.1 Å². The van der Waals surface area contributed by atoms with Gasteiger partial charge in [0.25, 0.3) is 0 Å². The van der Waals surface area contributed by atoms with Crippen LogP contribution in [-0.4, -0.2) is 41.5 Å². The van der Waals surface area contributed by atoms with Gasteiger partial charge in [0.1, 0.15) is 10.3 Å². The van der Waals surface area contributed by atoms with Crippen molar-refractivity contribution in [3.63, 3.8) is 0 Å². The molecule has 0 radical (unpaired) electrons. The van der Waals surface area contributed by atoms with Gasteiger partial charge in [-0.15, -0.1) is 0 Å². The topological polar surface area (TPSA) is 108 Å². The zero-order chi connectivity index (χ0) is 19.3. The smallest absolute Gasteiger partial charge is 0.317 e. The van der Waals surface area contributed by atoms with Gasteiger partial charge in [-0.05, 0) is 17.7 Å². The van der Waals surface area contributed by atoms with E-state index in [1.54, 1.807) is 24.9 Å². The summed E-state index contributed by atoms with van der Waals surface area (Å²) in [5, 5.41) is 17.2. The largest absolute Gasteiger partial charge is 0.480 e. The van der Waals surface area contributed by atoms with E-state index in [0.29, 0.717) is 11.4 Å². The molecule has 0 aliphatic rings. The van der Waals surface area contributed by atoms with Gasteiger partial charge >= 0.3 is 5.97 Å². The zero-order valence-corrected chi connectivity index (χ0v) is 15.6. The summed E-state index contributed by atoms with van der Waals surface area (Å²) < 4.78 is 0. The first-order chi connectivity index (χ1) is 13.7. The van der Waals surface area contributed by atoms with E-state index in [1.807, 2.05) is 42.5 Å². The van der Waals surface area contributed by atoms with E-state index in [4.69, 9.17) is 0 Å². The lowest BCUT2D eigenvalue weighted by atomic mass is 10.0. The predicted molar refractivity (Wildman–Crippen MR) is 107 cm³/mol. The predicted octanol–water partition coefficient (Wildman–Crippen LogP) is 3.65. The van der Waals surface area contributed by atoms with E-state index in [9.17, 15) is 9.90 Å². The number of aromatic amines is 2. The molecule has 8 heteroatoms. The first-order valence-corrected chi connectivity index (χ1v) is 9.51. The molecule has 0 amide bonds. The van der Waals surface area contributed by atoms with Gasteiger partial charge in [0.15, 0.2) is 0 Å². The number of pyridine rings is 1. The Labute approximate surface area is 165 Å². The fourth-order valence-electron chi connectivity index (χ4n) is 2.92. The minimum Gasteiger partial charge on any atom is -0.480 e. The van der Waals surface area contributed by atoms with E-state index in [-0.39, 0.29) is 0 Å². The maximum absolute atomic E-state index is 11.9. The van der Waals surface area contributed by atoms with Gasteiger partial charge in [-0.3, -0.25) is 14.9 Å². The van der Waals surface area contributed by atoms with E-state index in [2.05, 4.69) is 25.1 Å². The average Bonchev–Trinajstić information content (AvgIpc) is 3.38. The van der Waals surface area contributed by atoms with Crippen molar-refractivity contribution in [2.24, 2.45) is 0 Å². The maximum atomic E-state index is 11.9. The standard InChI is InChI=1S/C20H17N5O2S/c26-20(27)16(10-15-11-22-12-23-15)28-19-17(13-6-8-21-9-7-13)18(24-25-19)14-4-2-1-3-5-14/h1-9,11-12,16H,10H2,(H,22,23)(H,24,25)(H,26,27). The third-order valence-electron chi connectivity index (χ3n) is 4.25. The Hall–Kier alpha value is -3.39. The molecule has 3 N–H and O–H groups in total. The quantitative estimate of drug-likeness (QED) is 0.415. The third kappa shape index (κ3) is 3.81. The van der Waals surface area contributed by atoms with Crippen LogP contribution in [0.25, 0.3) is 22.4 Å². The lowest BCUT2D eigenvalue weighted by Crippen LogP contribution is -2.19. The van der Waals surface area contributed by atoms with E-state index in [1.165, 1.54) is 11.8 Å². The molecule has 3 heterocycles. The number of carboxylic acids is 1. The molecule has 0 aliphatic heterocycles. The second-order valence-corrected chi connectivity index (χ2v) is 7.30. The summed E-state index contributed by atoms with van der Waals surface area (Å²) in [4.78, 5) is 22.9. The molecule has 0 saturated heterocycles. The van der Waals surface area contributed by atoms with Crippen molar-refractivity contribution < 1.29 is 9.90 Å². The molecule has 140 valence electrons. The molecule has 1 aromatic carbocycles. The van der Waals surface area contributed by atoms with Gasteiger partial charge in [0.05, 0.1) is 12.0 Å². The highest BCUT2D eigenvalue weighted by Gasteiger charge is 2.25. The summed E-state index contributed by atoms with van der Waals surface area (Å²) in [5.74, 6) is -0.899. The monoisotopic (exact) mass is 391 g/mol.